The number of benzene rings is 1. The molecule has 1 aromatic carbocycles. The van der Waals surface area contributed by atoms with Gasteiger partial charge in [-0.05, 0) is 31.9 Å². The smallest absolute Gasteiger partial charge is 0.237 e. The highest BCUT2D eigenvalue weighted by atomic mass is 32.2. The molecule has 0 aliphatic heterocycles. The van der Waals surface area contributed by atoms with Gasteiger partial charge in [0.1, 0.15) is 0 Å². The van der Waals surface area contributed by atoms with Crippen LogP contribution in [0, 0.1) is 13.8 Å². The molecule has 0 bridgehead atoms. The minimum absolute atomic E-state index is 0.0545. The number of nitrogens with one attached hydrogen (secondary N) is 1. The predicted molar refractivity (Wildman–Crippen MR) is 84.2 cm³/mol. The molecule has 2 aromatic rings. The van der Waals surface area contributed by atoms with Crippen LogP contribution in [-0.4, -0.2) is 21.4 Å². The molecule has 3 N–H and O–H groups in total. The molecule has 1 aromatic heterocycles. The van der Waals surface area contributed by atoms with Gasteiger partial charge in [-0.2, -0.15) is 0 Å². The standard InChI is InChI=1S/C13H16N4OS2/c1-7-5-4-6-8(2)10(7)15-11(18)9(3)19-13-17-16-12(14)20-13/h4-6,9H,1-3H3,(H2,14,16)(H,15,18). The number of hydrogen-bond acceptors (Lipinski definition) is 6. The van der Waals surface area contributed by atoms with E-state index in [1.165, 1.54) is 23.1 Å². The van der Waals surface area contributed by atoms with E-state index in [9.17, 15) is 4.79 Å². The second-order valence-corrected chi connectivity index (χ2v) is 7.02. The van der Waals surface area contributed by atoms with Crippen molar-refractivity contribution in [2.24, 2.45) is 0 Å². The van der Waals surface area contributed by atoms with Crippen LogP contribution in [0.3, 0.4) is 0 Å². The molecule has 2 rings (SSSR count). The van der Waals surface area contributed by atoms with Crippen LogP contribution in [-0.2, 0) is 4.79 Å². The highest BCUT2D eigenvalue weighted by Crippen LogP contribution is 2.28. The third kappa shape index (κ3) is 3.49. The number of amides is 1. The highest BCUT2D eigenvalue weighted by Gasteiger charge is 2.18. The lowest BCUT2D eigenvalue weighted by atomic mass is 10.1. The first kappa shape index (κ1) is 14.8. The largest absolute Gasteiger partial charge is 0.374 e. The summed E-state index contributed by atoms with van der Waals surface area (Å²) >= 11 is 2.64. The number of rotatable bonds is 4. The van der Waals surface area contributed by atoms with E-state index in [4.69, 9.17) is 5.73 Å². The Hall–Kier alpha value is -1.60. The number of aromatic nitrogens is 2. The van der Waals surface area contributed by atoms with Crippen LogP contribution >= 0.6 is 23.1 Å². The van der Waals surface area contributed by atoms with E-state index in [0.717, 1.165) is 16.8 Å². The number of aryl methyl sites for hydroxylation is 2. The minimum atomic E-state index is -0.263. The quantitative estimate of drug-likeness (QED) is 0.849. The van der Waals surface area contributed by atoms with E-state index < -0.39 is 0 Å². The van der Waals surface area contributed by atoms with Gasteiger partial charge in [-0.1, -0.05) is 41.3 Å². The molecule has 106 valence electrons. The van der Waals surface area contributed by atoms with Gasteiger partial charge >= 0.3 is 0 Å². The zero-order chi connectivity index (χ0) is 14.7. The van der Waals surface area contributed by atoms with Crippen molar-refractivity contribution >= 4 is 39.8 Å². The van der Waals surface area contributed by atoms with Crippen LogP contribution in [0.5, 0.6) is 0 Å². The van der Waals surface area contributed by atoms with Gasteiger partial charge in [0.05, 0.1) is 5.25 Å². The lowest BCUT2D eigenvalue weighted by Gasteiger charge is -2.14. The Kier molecular flexibility index (Phi) is 4.61. The van der Waals surface area contributed by atoms with Gasteiger partial charge in [-0.3, -0.25) is 4.79 Å². The number of hydrogen-bond donors (Lipinski definition) is 2. The Balaban J connectivity index is 2.04. The van der Waals surface area contributed by atoms with Gasteiger partial charge in [0, 0.05) is 5.69 Å². The topological polar surface area (TPSA) is 80.9 Å². The number of anilines is 2. The van der Waals surface area contributed by atoms with E-state index in [0.29, 0.717) is 9.47 Å². The van der Waals surface area contributed by atoms with Crippen LogP contribution in [0.1, 0.15) is 18.1 Å². The van der Waals surface area contributed by atoms with Crippen LogP contribution in [0.2, 0.25) is 0 Å². The Morgan fingerprint density at radius 1 is 1.35 bits per heavy atom. The lowest BCUT2D eigenvalue weighted by molar-refractivity contribution is -0.115. The van der Waals surface area contributed by atoms with Gasteiger partial charge < -0.3 is 11.1 Å². The fourth-order valence-corrected chi connectivity index (χ4v) is 3.49. The maximum Gasteiger partial charge on any atom is 0.237 e. The summed E-state index contributed by atoms with van der Waals surface area (Å²) in [4.78, 5) is 12.2. The molecule has 7 heteroatoms. The van der Waals surface area contributed by atoms with Crippen molar-refractivity contribution in [1.82, 2.24) is 10.2 Å². The number of nitrogens with zero attached hydrogens (tertiary/aromatic N) is 2. The maximum absolute atomic E-state index is 12.2. The third-order valence-electron chi connectivity index (χ3n) is 2.80. The van der Waals surface area contributed by atoms with Crippen molar-refractivity contribution in [2.75, 3.05) is 11.1 Å². The summed E-state index contributed by atoms with van der Waals surface area (Å²) in [5.41, 5.74) is 8.50. The number of para-hydroxylation sites is 1. The highest BCUT2D eigenvalue weighted by molar-refractivity contribution is 8.02. The monoisotopic (exact) mass is 308 g/mol. The fourth-order valence-electron chi connectivity index (χ4n) is 1.71. The van der Waals surface area contributed by atoms with E-state index in [1.54, 1.807) is 0 Å². The van der Waals surface area contributed by atoms with Crippen LogP contribution in [0.4, 0.5) is 10.8 Å². The molecule has 0 aliphatic carbocycles. The molecule has 1 atom stereocenters. The van der Waals surface area contributed by atoms with Gasteiger partial charge in [0.2, 0.25) is 11.0 Å². The fraction of sp³-hybridized carbons (Fsp3) is 0.308. The minimum Gasteiger partial charge on any atom is -0.374 e. The summed E-state index contributed by atoms with van der Waals surface area (Å²) in [5, 5.41) is 10.8. The average Bonchev–Trinajstić information content (AvgIpc) is 2.79. The molecular weight excluding hydrogens is 292 g/mol. The zero-order valence-electron chi connectivity index (χ0n) is 11.5. The van der Waals surface area contributed by atoms with Crippen LogP contribution in [0.15, 0.2) is 22.5 Å². The molecule has 0 aliphatic rings. The van der Waals surface area contributed by atoms with E-state index in [-0.39, 0.29) is 11.2 Å². The molecule has 0 spiro atoms. The Morgan fingerprint density at radius 3 is 2.55 bits per heavy atom. The molecule has 5 nitrogen and oxygen atoms in total. The number of carbonyl (C=O) groups excluding carboxylic acids is 1. The lowest BCUT2D eigenvalue weighted by Crippen LogP contribution is -2.23. The molecule has 0 saturated carbocycles. The molecule has 0 radical (unpaired) electrons. The number of carbonyl (C=O) groups is 1. The molecule has 1 unspecified atom stereocenters. The van der Waals surface area contributed by atoms with Crippen molar-refractivity contribution in [3.63, 3.8) is 0 Å². The van der Waals surface area contributed by atoms with Gasteiger partial charge in [0.25, 0.3) is 0 Å². The van der Waals surface area contributed by atoms with E-state index in [1.807, 2.05) is 39.0 Å². The SMILES string of the molecule is Cc1cccc(C)c1NC(=O)C(C)Sc1nnc(N)s1. The second-order valence-electron chi connectivity index (χ2n) is 4.42. The molecular formula is C13H16N4OS2. The van der Waals surface area contributed by atoms with Gasteiger partial charge in [-0.15, -0.1) is 10.2 Å². The van der Waals surface area contributed by atoms with Crippen molar-refractivity contribution < 1.29 is 4.79 Å². The van der Waals surface area contributed by atoms with Crippen LogP contribution < -0.4 is 11.1 Å². The molecule has 0 fully saturated rings. The summed E-state index contributed by atoms with van der Waals surface area (Å²) in [6.07, 6.45) is 0. The van der Waals surface area contributed by atoms with E-state index >= 15 is 0 Å². The normalized spacial score (nSPS) is 12.2. The summed E-state index contributed by atoms with van der Waals surface area (Å²) in [5.74, 6) is -0.0545. The van der Waals surface area contributed by atoms with Gasteiger partial charge in [0.15, 0.2) is 4.34 Å². The van der Waals surface area contributed by atoms with Gasteiger partial charge in [-0.25, -0.2) is 0 Å². The van der Waals surface area contributed by atoms with E-state index in [2.05, 4.69) is 15.5 Å². The Labute approximate surface area is 126 Å². The second kappa shape index (κ2) is 6.23. The first-order chi connectivity index (χ1) is 9.47. The Bertz CT molecular complexity index is 606. The Morgan fingerprint density at radius 2 is 2.00 bits per heavy atom. The van der Waals surface area contributed by atoms with Crippen molar-refractivity contribution in [1.29, 1.82) is 0 Å². The molecule has 1 heterocycles. The number of thioether (sulfide) groups is 1. The zero-order valence-corrected chi connectivity index (χ0v) is 13.1. The van der Waals surface area contributed by atoms with Crippen molar-refractivity contribution in [3.05, 3.63) is 29.3 Å². The predicted octanol–water partition coefficient (Wildman–Crippen LogP) is 2.86. The first-order valence-electron chi connectivity index (χ1n) is 6.10. The average molecular weight is 308 g/mol. The number of nitrogen functional groups attached to an aromatic ring is 1. The number of nitrogens with two attached hydrogens (primary N) is 1. The maximum atomic E-state index is 12.2. The summed E-state index contributed by atoms with van der Waals surface area (Å²) in [6.45, 7) is 5.79. The summed E-state index contributed by atoms with van der Waals surface area (Å²) in [6, 6.07) is 5.93. The summed E-state index contributed by atoms with van der Waals surface area (Å²) < 4.78 is 0.701. The van der Waals surface area contributed by atoms with Crippen LogP contribution in [0.25, 0.3) is 0 Å². The summed E-state index contributed by atoms with van der Waals surface area (Å²) in [7, 11) is 0. The molecule has 20 heavy (non-hydrogen) atoms. The van der Waals surface area contributed by atoms with Crippen molar-refractivity contribution in [3.8, 4) is 0 Å². The third-order valence-corrected chi connectivity index (χ3v) is 4.73. The first-order valence-corrected chi connectivity index (χ1v) is 7.79. The molecule has 1 amide bonds. The molecule has 0 saturated heterocycles. The van der Waals surface area contributed by atoms with Crippen molar-refractivity contribution in [2.45, 2.75) is 30.4 Å².